The van der Waals surface area contributed by atoms with Crippen molar-refractivity contribution in [1.29, 1.82) is 0 Å². The van der Waals surface area contributed by atoms with E-state index in [1.807, 2.05) is 18.2 Å². The number of likely N-dealkylation sites (tertiary alicyclic amines) is 1. The van der Waals surface area contributed by atoms with Crippen molar-refractivity contribution in [3.8, 4) is 17.6 Å². The molecule has 4 rings (SSSR count). The maximum atomic E-state index is 13.8. The number of ether oxygens (including phenoxy) is 1. The Labute approximate surface area is 214 Å². The van der Waals surface area contributed by atoms with Crippen molar-refractivity contribution in [3.05, 3.63) is 70.7 Å². The van der Waals surface area contributed by atoms with E-state index < -0.39 is 23.0 Å². The summed E-state index contributed by atoms with van der Waals surface area (Å²) in [4.78, 5) is 6.54. The van der Waals surface area contributed by atoms with Gasteiger partial charge in [-0.1, -0.05) is 11.8 Å². The van der Waals surface area contributed by atoms with E-state index >= 15 is 0 Å². The van der Waals surface area contributed by atoms with Gasteiger partial charge in [0.05, 0.1) is 31.3 Å². The molecule has 0 unspecified atom stereocenters. The van der Waals surface area contributed by atoms with Gasteiger partial charge in [0, 0.05) is 30.3 Å². The van der Waals surface area contributed by atoms with Gasteiger partial charge in [0.1, 0.15) is 23.2 Å². The molecule has 1 aliphatic heterocycles. The third-order valence-electron chi connectivity index (χ3n) is 7.36. The lowest BCUT2D eigenvalue weighted by molar-refractivity contribution is 0.0401. The summed E-state index contributed by atoms with van der Waals surface area (Å²) in [5.41, 5.74) is 2.05. The molecule has 3 aromatic rings. The number of aliphatic hydroxyl groups is 2. The molecule has 37 heavy (non-hydrogen) atoms. The first kappa shape index (κ1) is 26.9. The molecule has 1 fully saturated rings. The summed E-state index contributed by atoms with van der Waals surface area (Å²) in [5.74, 6) is 3.03. The molecule has 1 aromatic heterocycles. The van der Waals surface area contributed by atoms with Gasteiger partial charge in [0.2, 0.25) is 0 Å². The van der Waals surface area contributed by atoms with Crippen LogP contribution in [0.2, 0.25) is 0 Å². The fourth-order valence-corrected chi connectivity index (χ4v) is 5.04. The van der Waals surface area contributed by atoms with Crippen molar-refractivity contribution in [2.24, 2.45) is 5.41 Å². The van der Waals surface area contributed by atoms with Crippen LogP contribution in [-0.2, 0) is 13.0 Å². The molecule has 1 saturated heterocycles. The smallest absolute Gasteiger partial charge is 0.144 e. The van der Waals surface area contributed by atoms with Crippen LogP contribution in [0.25, 0.3) is 10.9 Å². The summed E-state index contributed by atoms with van der Waals surface area (Å²) in [6.45, 7) is 1.74. The van der Waals surface area contributed by atoms with E-state index in [0.29, 0.717) is 31.8 Å². The van der Waals surface area contributed by atoms with Crippen molar-refractivity contribution in [2.75, 3.05) is 33.4 Å². The molecule has 2 heterocycles. The summed E-state index contributed by atoms with van der Waals surface area (Å²) in [6.07, 6.45) is 5.69. The van der Waals surface area contributed by atoms with Crippen LogP contribution in [0.4, 0.5) is 13.2 Å². The van der Waals surface area contributed by atoms with E-state index in [1.54, 1.807) is 13.3 Å². The Morgan fingerprint density at radius 1 is 1.08 bits per heavy atom. The van der Waals surface area contributed by atoms with Crippen LogP contribution in [0.15, 0.2) is 36.5 Å². The van der Waals surface area contributed by atoms with E-state index in [1.165, 1.54) is 0 Å². The molecular weight excluding hydrogens is 481 g/mol. The number of pyridine rings is 1. The molecule has 0 radical (unpaired) electrons. The normalized spacial score (nSPS) is 15.4. The van der Waals surface area contributed by atoms with Gasteiger partial charge < -0.3 is 14.9 Å². The lowest BCUT2D eigenvalue weighted by Crippen LogP contribution is -2.42. The number of piperidine rings is 1. The zero-order valence-electron chi connectivity index (χ0n) is 20.9. The predicted molar refractivity (Wildman–Crippen MR) is 136 cm³/mol. The van der Waals surface area contributed by atoms with Gasteiger partial charge in [-0.3, -0.25) is 9.88 Å². The first-order valence-corrected chi connectivity index (χ1v) is 12.4. The van der Waals surface area contributed by atoms with Crippen LogP contribution in [-0.4, -0.2) is 53.4 Å². The summed E-state index contributed by atoms with van der Waals surface area (Å²) in [5, 5.41) is 21.1. The van der Waals surface area contributed by atoms with Crippen molar-refractivity contribution >= 4 is 10.9 Å². The number of nitrogens with zero attached hydrogens (tertiary/aromatic N) is 2. The molecule has 2 N–H and O–H groups in total. The summed E-state index contributed by atoms with van der Waals surface area (Å²) in [7, 11) is 1.62. The van der Waals surface area contributed by atoms with E-state index in [9.17, 15) is 23.4 Å². The lowest BCUT2D eigenvalue weighted by atomic mass is 9.75. The fraction of sp³-hybridized carbons (Fsp3) is 0.414. The topological polar surface area (TPSA) is 65.8 Å². The van der Waals surface area contributed by atoms with Crippen LogP contribution in [0.1, 0.15) is 42.4 Å². The average molecular weight is 513 g/mol. The van der Waals surface area contributed by atoms with Gasteiger partial charge in [-0.25, -0.2) is 13.2 Å². The number of halogens is 3. The van der Waals surface area contributed by atoms with Gasteiger partial charge in [0.15, 0.2) is 0 Å². The van der Waals surface area contributed by atoms with Crippen LogP contribution >= 0.6 is 0 Å². The van der Waals surface area contributed by atoms with Gasteiger partial charge in [-0.05, 0) is 79.9 Å². The number of hydrogen-bond donors (Lipinski definition) is 2. The Morgan fingerprint density at radius 3 is 2.46 bits per heavy atom. The second-order valence-corrected chi connectivity index (χ2v) is 9.64. The predicted octanol–water partition coefficient (Wildman–Crippen LogP) is 4.60. The fourth-order valence-electron chi connectivity index (χ4n) is 5.04. The number of aryl methyl sites for hydroxylation is 1. The summed E-state index contributed by atoms with van der Waals surface area (Å²) >= 11 is 0. The van der Waals surface area contributed by atoms with Crippen LogP contribution in [0, 0.1) is 34.7 Å². The molecule has 0 bridgehead atoms. The first-order valence-electron chi connectivity index (χ1n) is 12.4. The van der Waals surface area contributed by atoms with Crippen LogP contribution < -0.4 is 4.74 Å². The summed E-state index contributed by atoms with van der Waals surface area (Å²) in [6, 6.07) is 6.97. The van der Waals surface area contributed by atoms with Crippen molar-refractivity contribution in [2.45, 2.75) is 38.7 Å². The largest absolute Gasteiger partial charge is 0.497 e. The third-order valence-corrected chi connectivity index (χ3v) is 7.36. The molecule has 5 nitrogen and oxygen atoms in total. The number of benzene rings is 2. The lowest BCUT2D eigenvalue weighted by Gasteiger charge is -2.40. The second-order valence-electron chi connectivity index (χ2n) is 9.64. The maximum absolute atomic E-state index is 13.8. The minimum Gasteiger partial charge on any atom is -0.497 e. The van der Waals surface area contributed by atoms with Gasteiger partial charge in [-0.15, -0.1) is 0 Å². The van der Waals surface area contributed by atoms with Crippen LogP contribution in [0.3, 0.4) is 0 Å². The minimum absolute atomic E-state index is 0.0797. The molecule has 2 aromatic carbocycles. The molecule has 0 atom stereocenters. The van der Waals surface area contributed by atoms with Crippen molar-refractivity contribution < 1.29 is 28.1 Å². The quantitative estimate of drug-likeness (QED) is 0.432. The highest BCUT2D eigenvalue weighted by Gasteiger charge is 2.33. The molecule has 1 aliphatic rings. The van der Waals surface area contributed by atoms with Crippen molar-refractivity contribution in [3.63, 3.8) is 0 Å². The standard InChI is InChI=1S/C29H31F3N2O3/c1-37-22-6-7-28-25(16-22)23(20(18-35)17-33-28)4-2-8-29(19-36)9-12-34(13-10-29)11-3-5-24-26(31)14-21(30)15-27(24)32/h6-7,14-17,35-36H,2,4,8-13,18-19H2,1H3. The number of methoxy groups -OCH3 is 1. The van der Waals surface area contributed by atoms with Gasteiger partial charge in [-0.2, -0.15) is 0 Å². The molecule has 0 amide bonds. The number of hydrogen-bond acceptors (Lipinski definition) is 5. The highest BCUT2D eigenvalue weighted by atomic mass is 19.1. The minimum atomic E-state index is -1.01. The zero-order valence-corrected chi connectivity index (χ0v) is 20.9. The Morgan fingerprint density at radius 2 is 1.81 bits per heavy atom. The van der Waals surface area contributed by atoms with E-state index in [0.717, 1.165) is 59.9 Å². The van der Waals surface area contributed by atoms with E-state index in [2.05, 4.69) is 21.7 Å². The molecule has 8 heteroatoms. The first-order chi connectivity index (χ1) is 17.9. The summed E-state index contributed by atoms with van der Waals surface area (Å²) < 4.78 is 46.0. The molecule has 196 valence electrons. The highest BCUT2D eigenvalue weighted by Crippen LogP contribution is 2.37. The van der Waals surface area contributed by atoms with Gasteiger partial charge in [0.25, 0.3) is 0 Å². The Balaban J connectivity index is 1.36. The molecular formula is C29H31F3N2O3. The Bertz CT molecular complexity index is 1280. The monoisotopic (exact) mass is 512 g/mol. The number of rotatable bonds is 8. The highest BCUT2D eigenvalue weighted by molar-refractivity contribution is 5.84. The number of aromatic nitrogens is 1. The molecule has 0 aliphatic carbocycles. The number of aliphatic hydroxyl groups excluding tert-OH is 2. The third kappa shape index (κ3) is 6.24. The average Bonchev–Trinajstić information content (AvgIpc) is 2.90. The molecule has 0 saturated carbocycles. The Hall–Kier alpha value is -3.12. The van der Waals surface area contributed by atoms with Crippen molar-refractivity contribution in [1.82, 2.24) is 9.88 Å². The SMILES string of the molecule is COc1ccc2ncc(CO)c(CCCC3(CO)CCN(CC#Cc4c(F)cc(F)cc4F)CC3)c2c1. The van der Waals surface area contributed by atoms with E-state index in [-0.39, 0.29) is 18.6 Å². The maximum Gasteiger partial charge on any atom is 0.144 e. The zero-order chi connectivity index (χ0) is 26.4. The Kier molecular flexibility index (Phi) is 8.70. The number of fused-ring (bicyclic) bond motifs is 1. The van der Waals surface area contributed by atoms with Gasteiger partial charge >= 0.3 is 0 Å². The molecule has 0 spiro atoms. The second kappa shape index (κ2) is 12.0. The van der Waals surface area contributed by atoms with E-state index in [4.69, 9.17) is 4.74 Å². The van der Waals surface area contributed by atoms with Crippen LogP contribution in [0.5, 0.6) is 5.75 Å².